The number of benzene rings is 2. The van der Waals surface area contributed by atoms with Crippen LogP contribution < -0.4 is 13.1 Å². The van der Waals surface area contributed by atoms with Gasteiger partial charge in [-0.3, -0.25) is 0 Å². The van der Waals surface area contributed by atoms with E-state index in [1.54, 1.807) is 14.2 Å². The molecule has 0 heterocycles. The second-order valence-corrected chi connectivity index (χ2v) is 20.2. The van der Waals surface area contributed by atoms with Crippen LogP contribution >= 0.6 is 0 Å². The molecule has 0 saturated carbocycles. The van der Waals surface area contributed by atoms with E-state index in [0.717, 1.165) is 17.1 Å². The van der Waals surface area contributed by atoms with Crippen molar-refractivity contribution in [3.05, 3.63) is 42.5 Å². The van der Waals surface area contributed by atoms with Crippen LogP contribution in [0.1, 0.15) is 0 Å². The summed E-state index contributed by atoms with van der Waals surface area (Å²) in [4.78, 5) is 7.29. The fourth-order valence-electron chi connectivity index (χ4n) is 2.40. The van der Waals surface area contributed by atoms with Crippen molar-refractivity contribution < 1.29 is 9.47 Å². The first-order chi connectivity index (χ1) is 9.47. The zero-order valence-electron chi connectivity index (χ0n) is 12.9. The van der Waals surface area contributed by atoms with Crippen LogP contribution in [-0.4, -0.2) is 32.6 Å². The molecule has 2 rings (SSSR count). The van der Waals surface area contributed by atoms with E-state index in [-0.39, 0.29) is 0 Å². The predicted molar refractivity (Wildman–Crippen MR) is 88.0 cm³/mol. The third-order valence-electron chi connectivity index (χ3n) is 3.43. The second-order valence-electron chi connectivity index (χ2n) is 5.86. The summed E-state index contributed by atoms with van der Waals surface area (Å²) in [6.07, 6.45) is 0. The summed E-state index contributed by atoms with van der Waals surface area (Å²) in [6.45, 7) is 0. The van der Waals surface area contributed by atoms with E-state index in [9.17, 15) is 0 Å². The van der Waals surface area contributed by atoms with E-state index < -0.39 is 18.4 Å². The van der Waals surface area contributed by atoms with Crippen LogP contribution in [-0.2, 0) is 0 Å². The molecule has 2 nitrogen and oxygen atoms in total. The second kappa shape index (κ2) is 6.08. The van der Waals surface area contributed by atoms with Gasteiger partial charge in [-0.25, -0.2) is 0 Å². The minimum atomic E-state index is -2.19. The Balaban J connectivity index is 2.68. The van der Waals surface area contributed by atoms with Crippen LogP contribution in [0.15, 0.2) is 42.5 Å². The van der Waals surface area contributed by atoms with Crippen molar-refractivity contribution in [2.24, 2.45) is 0 Å². The Morgan fingerprint density at radius 1 is 0.800 bits per heavy atom. The van der Waals surface area contributed by atoms with Crippen molar-refractivity contribution in [3.8, 4) is 22.6 Å². The van der Waals surface area contributed by atoms with Crippen LogP contribution in [0.4, 0.5) is 0 Å². The Labute approximate surface area is 125 Å². The van der Waals surface area contributed by atoms with Crippen LogP contribution in [0, 0.1) is 0 Å². The third-order valence-corrected chi connectivity index (χ3v) is 9.29. The predicted octanol–water partition coefficient (Wildman–Crippen LogP) is 3.92. The summed E-state index contributed by atoms with van der Waals surface area (Å²) in [5.74, 6) is 1.76. The van der Waals surface area contributed by atoms with Crippen molar-refractivity contribution in [3.63, 3.8) is 0 Å². The summed E-state index contributed by atoms with van der Waals surface area (Å²) in [5.41, 5.74) is 2.40. The monoisotopic (exact) mass is 378 g/mol. The van der Waals surface area contributed by atoms with Gasteiger partial charge in [-0.05, 0) is 0 Å². The molecule has 106 valence electrons. The summed E-state index contributed by atoms with van der Waals surface area (Å²) in [5, 5.41) is 0. The normalized spacial score (nSPS) is 11.2. The molecule has 0 fully saturated rings. The SMILES string of the molecule is COc1ccc(OC)c(-c2cccc[c]2[Sn]([CH3])([CH3])[CH3])c1. The molecule has 0 aliphatic heterocycles. The van der Waals surface area contributed by atoms with Gasteiger partial charge in [0.2, 0.25) is 0 Å². The molecule has 0 aromatic heterocycles. The Bertz CT molecular complexity index is 600. The first-order valence-corrected chi connectivity index (χ1v) is 16.8. The van der Waals surface area contributed by atoms with Crippen molar-refractivity contribution in [1.29, 1.82) is 0 Å². The van der Waals surface area contributed by atoms with Gasteiger partial charge >= 0.3 is 126 Å². The molecular weight excluding hydrogens is 355 g/mol. The number of rotatable bonds is 4. The maximum atomic E-state index is 5.53. The van der Waals surface area contributed by atoms with Crippen molar-refractivity contribution in [1.82, 2.24) is 0 Å². The number of hydrogen-bond donors (Lipinski definition) is 0. The average Bonchev–Trinajstić information content (AvgIpc) is 2.45. The van der Waals surface area contributed by atoms with Crippen LogP contribution in [0.25, 0.3) is 11.1 Å². The fraction of sp³-hybridized carbons (Fsp3) is 0.294. The van der Waals surface area contributed by atoms with E-state index in [2.05, 4.69) is 45.2 Å². The first-order valence-electron chi connectivity index (χ1n) is 6.79. The van der Waals surface area contributed by atoms with Gasteiger partial charge in [-0.15, -0.1) is 0 Å². The van der Waals surface area contributed by atoms with Crippen molar-refractivity contribution >= 4 is 22.0 Å². The molecular formula is C17H22O2Sn. The summed E-state index contributed by atoms with van der Waals surface area (Å²) < 4.78 is 12.4. The van der Waals surface area contributed by atoms with Crippen LogP contribution in [0.2, 0.25) is 14.8 Å². The van der Waals surface area contributed by atoms with Gasteiger partial charge < -0.3 is 0 Å². The minimum absolute atomic E-state index is 0.861. The molecule has 2 aromatic carbocycles. The molecule has 0 aliphatic rings. The van der Waals surface area contributed by atoms with Gasteiger partial charge in [0.1, 0.15) is 0 Å². The molecule has 0 aliphatic carbocycles. The number of hydrogen-bond acceptors (Lipinski definition) is 2. The van der Waals surface area contributed by atoms with Gasteiger partial charge in [0.05, 0.1) is 0 Å². The first kappa shape index (κ1) is 15.2. The number of ether oxygens (including phenoxy) is 2. The molecule has 0 amide bonds. The van der Waals surface area contributed by atoms with Gasteiger partial charge in [0, 0.05) is 0 Å². The average molecular weight is 377 g/mol. The molecule has 20 heavy (non-hydrogen) atoms. The van der Waals surface area contributed by atoms with E-state index in [4.69, 9.17) is 9.47 Å². The quantitative estimate of drug-likeness (QED) is 0.753. The van der Waals surface area contributed by atoms with E-state index in [1.807, 2.05) is 12.1 Å². The number of methoxy groups -OCH3 is 2. The van der Waals surface area contributed by atoms with E-state index in [1.165, 1.54) is 9.14 Å². The van der Waals surface area contributed by atoms with Gasteiger partial charge in [0.25, 0.3) is 0 Å². The standard InChI is InChI=1S/C14H13O2.3CH3.Sn/c1-15-12-8-9-14(16-2)13(10-12)11-6-4-3-5-7-11;;;;/h3-6,8-10H,1-2H3;3*1H3;. The van der Waals surface area contributed by atoms with E-state index >= 15 is 0 Å². The maximum absolute atomic E-state index is 5.53. The zero-order valence-corrected chi connectivity index (χ0v) is 15.7. The van der Waals surface area contributed by atoms with E-state index in [0.29, 0.717) is 0 Å². The Morgan fingerprint density at radius 2 is 1.50 bits per heavy atom. The van der Waals surface area contributed by atoms with Gasteiger partial charge in [0.15, 0.2) is 0 Å². The van der Waals surface area contributed by atoms with Crippen molar-refractivity contribution in [2.75, 3.05) is 14.2 Å². The van der Waals surface area contributed by atoms with Crippen LogP contribution in [0.3, 0.4) is 0 Å². The molecule has 0 radical (unpaired) electrons. The van der Waals surface area contributed by atoms with Gasteiger partial charge in [-0.2, -0.15) is 0 Å². The van der Waals surface area contributed by atoms with Gasteiger partial charge in [-0.1, -0.05) is 0 Å². The Hall–Kier alpha value is -1.16. The van der Waals surface area contributed by atoms with Crippen LogP contribution in [0.5, 0.6) is 11.5 Å². The Kier molecular flexibility index (Phi) is 4.63. The Morgan fingerprint density at radius 3 is 2.10 bits per heavy atom. The summed E-state index contributed by atoms with van der Waals surface area (Å²) >= 11 is -2.19. The van der Waals surface area contributed by atoms with Crippen molar-refractivity contribution in [2.45, 2.75) is 14.8 Å². The molecule has 0 saturated heterocycles. The fourth-order valence-corrected chi connectivity index (χ4v) is 7.03. The molecule has 0 spiro atoms. The molecule has 3 heteroatoms. The molecule has 0 N–H and O–H groups in total. The molecule has 0 atom stereocenters. The summed E-state index contributed by atoms with van der Waals surface area (Å²) in [7, 11) is 3.41. The molecule has 0 unspecified atom stereocenters. The zero-order chi connectivity index (χ0) is 14.8. The molecule has 0 bridgehead atoms. The molecule has 2 aromatic rings. The topological polar surface area (TPSA) is 18.5 Å². The third kappa shape index (κ3) is 3.11. The summed E-state index contributed by atoms with van der Waals surface area (Å²) in [6, 6.07) is 14.7.